The number of benzene rings is 2. The van der Waals surface area contributed by atoms with Gasteiger partial charge in [-0.15, -0.1) is 9.24 Å². The van der Waals surface area contributed by atoms with Crippen molar-refractivity contribution in [2.75, 3.05) is 20.1 Å². The maximum atomic E-state index is 14.8. The van der Waals surface area contributed by atoms with Crippen molar-refractivity contribution < 1.29 is 9.18 Å². The number of hydrogen-bond donors (Lipinski definition) is 1. The zero-order valence-electron chi connectivity index (χ0n) is 23.6. The van der Waals surface area contributed by atoms with Crippen LogP contribution in [0.1, 0.15) is 61.6 Å². The van der Waals surface area contributed by atoms with Gasteiger partial charge in [0.05, 0.1) is 11.2 Å². The van der Waals surface area contributed by atoms with Crippen LogP contribution in [0.4, 0.5) is 4.39 Å². The maximum absolute atomic E-state index is 14.8. The molecule has 0 bridgehead atoms. The third-order valence-corrected chi connectivity index (χ3v) is 9.11. The zero-order valence-corrected chi connectivity index (χ0v) is 24.7. The minimum atomic E-state index is -0.338. The summed E-state index contributed by atoms with van der Waals surface area (Å²) in [5, 5.41) is 17.2. The van der Waals surface area contributed by atoms with Gasteiger partial charge >= 0.3 is 0 Å². The molecule has 8 heteroatoms. The lowest BCUT2D eigenvalue weighted by atomic mass is 9.72. The van der Waals surface area contributed by atoms with Crippen molar-refractivity contribution in [2.24, 2.45) is 27.5 Å². The number of nitrogens with one attached hydrogen (secondary N) is 1. The van der Waals surface area contributed by atoms with Gasteiger partial charge in [0.2, 0.25) is 0 Å². The fraction of sp³-hybridized carbons (Fsp3) is 0.419. The highest BCUT2D eigenvalue weighted by molar-refractivity contribution is 7.27. The molecule has 4 unspecified atom stereocenters. The van der Waals surface area contributed by atoms with Crippen molar-refractivity contribution in [1.82, 2.24) is 15.1 Å². The third-order valence-electron chi connectivity index (χ3n) is 8.63. The molecule has 1 saturated carbocycles. The molecule has 39 heavy (non-hydrogen) atoms. The summed E-state index contributed by atoms with van der Waals surface area (Å²) in [5.41, 5.74) is 4.21. The molecule has 6 nitrogen and oxygen atoms in total. The number of allylic oxidation sites excluding steroid dienone is 2. The Bertz CT molecular complexity index is 1420. The summed E-state index contributed by atoms with van der Waals surface area (Å²) in [6.45, 7) is 14.2. The molecule has 1 aromatic heterocycles. The molecular formula is C31H39FN5OP. The van der Waals surface area contributed by atoms with Crippen LogP contribution in [0.25, 0.3) is 16.6 Å². The van der Waals surface area contributed by atoms with Crippen LogP contribution in [0.15, 0.2) is 64.9 Å². The number of H-pyrrole nitrogens is 1. The Morgan fingerprint density at radius 1 is 1.33 bits per heavy atom. The van der Waals surface area contributed by atoms with E-state index >= 15 is 0 Å². The van der Waals surface area contributed by atoms with Gasteiger partial charge in [-0.25, -0.2) is 4.39 Å². The van der Waals surface area contributed by atoms with E-state index in [4.69, 9.17) is 0 Å². The van der Waals surface area contributed by atoms with E-state index in [9.17, 15) is 9.18 Å². The molecule has 1 amide bonds. The summed E-state index contributed by atoms with van der Waals surface area (Å²) < 4.78 is 14.8. The van der Waals surface area contributed by atoms with E-state index in [0.717, 1.165) is 46.6 Å². The quantitative estimate of drug-likeness (QED) is 0.176. The predicted octanol–water partition coefficient (Wildman–Crippen LogP) is 7.09. The number of carbonyl (C=O) groups is 1. The number of aromatic nitrogens is 2. The lowest BCUT2D eigenvalue weighted by molar-refractivity contribution is 0.0586. The monoisotopic (exact) mass is 547 g/mol. The number of azo groups is 1. The van der Waals surface area contributed by atoms with Crippen LogP contribution in [0.3, 0.4) is 0 Å². The van der Waals surface area contributed by atoms with Gasteiger partial charge in [0.25, 0.3) is 5.91 Å². The maximum Gasteiger partial charge on any atom is 0.275 e. The fourth-order valence-corrected chi connectivity index (χ4v) is 6.59. The molecule has 0 radical (unpaired) electrons. The fourth-order valence-electron chi connectivity index (χ4n) is 6.19. The van der Waals surface area contributed by atoms with Crippen molar-refractivity contribution in [3.05, 3.63) is 77.3 Å². The Morgan fingerprint density at radius 3 is 2.77 bits per heavy atom. The average molecular weight is 548 g/mol. The van der Waals surface area contributed by atoms with E-state index in [2.05, 4.69) is 50.1 Å². The molecule has 1 fully saturated rings. The minimum Gasteiger partial charge on any atom is -0.337 e. The normalized spacial score (nSPS) is 21.7. The largest absolute Gasteiger partial charge is 0.337 e. The van der Waals surface area contributed by atoms with Crippen LogP contribution in [0.5, 0.6) is 0 Å². The Morgan fingerprint density at radius 2 is 2.10 bits per heavy atom. The summed E-state index contributed by atoms with van der Waals surface area (Å²) in [5.74, 6) is 0.0692. The van der Waals surface area contributed by atoms with Crippen molar-refractivity contribution in [3.63, 3.8) is 0 Å². The topological polar surface area (TPSA) is 73.7 Å². The molecule has 1 N–H and O–H groups in total. The highest BCUT2D eigenvalue weighted by Crippen LogP contribution is 2.52. The minimum absolute atomic E-state index is 0.0482. The van der Waals surface area contributed by atoms with Gasteiger partial charge in [-0.2, -0.15) is 15.3 Å². The van der Waals surface area contributed by atoms with Gasteiger partial charge in [0.15, 0.2) is 5.69 Å². The first-order valence-corrected chi connectivity index (χ1v) is 14.2. The van der Waals surface area contributed by atoms with Gasteiger partial charge in [-0.1, -0.05) is 44.7 Å². The number of aryl methyl sites for hydroxylation is 1. The number of aromatic amines is 1. The Labute approximate surface area is 233 Å². The van der Waals surface area contributed by atoms with Crippen LogP contribution >= 0.6 is 9.24 Å². The van der Waals surface area contributed by atoms with Crippen LogP contribution in [0, 0.1) is 30.0 Å². The van der Waals surface area contributed by atoms with Gasteiger partial charge in [0.1, 0.15) is 5.82 Å². The number of nitrogens with zero attached hydrogens (tertiary/aromatic N) is 4. The highest BCUT2D eigenvalue weighted by Gasteiger charge is 2.46. The lowest BCUT2D eigenvalue weighted by Gasteiger charge is -2.39. The predicted molar refractivity (Wildman–Crippen MR) is 161 cm³/mol. The number of carbonyl (C=O) groups excluding carboxylic acids is 1. The summed E-state index contributed by atoms with van der Waals surface area (Å²) in [4.78, 5) is 15.6. The molecule has 2 aromatic carbocycles. The number of amides is 1. The summed E-state index contributed by atoms with van der Waals surface area (Å²) in [7, 11) is 4.16. The standard InChI is InChI=1S/C31H39FN5OP/c1-7-31(18-37(8-2)30(38)29-23-13-12-19(3)16-25(23)35-36-29)15-14-22(21(31)5)20(4)17-26(34-33-6)28-24(32)10-9-11-27(28)39/h9-13,16-17,21-22H,4,7-8,14-15,18,39H2,1-3,5-6H3,(H,35,36)/b26-17-,34-33?. The molecule has 4 atom stereocenters. The van der Waals surface area contributed by atoms with Gasteiger partial charge in [-0.05, 0) is 85.0 Å². The number of hydrogen-bond acceptors (Lipinski definition) is 4. The first-order valence-electron chi connectivity index (χ1n) is 13.6. The second-order valence-electron chi connectivity index (χ2n) is 10.7. The number of fused-ring (bicyclic) bond motifs is 1. The molecule has 206 valence electrons. The van der Waals surface area contributed by atoms with E-state index in [1.807, 2.05) is 49.1 Å². The lowest BCUT2D eigenvalue weighted by Crippen LogP contribution is -2.43. The van der Waals surface area contributed by atoms with E-state index in [-0.39, 0.29) is 29.0 Å². The first kappa shape index (κ1) is 28.8. The van der Waals surface area contributed by atoms with Gasteiger partial charge < -0.3 is 4.90 Å². The van der Waals surface area contributed by atoms with Crippen molar-refractivity contribution in [1.29, 1.82) is 0 Å². The van der Waals surface area contributed by atoms with Gasteiger partial charge in [-0.3, -0.25) is 9.89 Å². The summed E-state index contributed by atoms with van der Waals surface area (Å²) in [6.07, 6.45) is 4.75. The second-order valence-corrected chi connectivity index (χ2v) is 11.3. The first-order chi connectivity index (χ1) is 18.7. The molecule has 3 aromatic rings. The Kier molecular flexibility index (Phi) is 8.80. The highest BCUT2D eigenvalue weighted by atomic mass is 31.0. The Balaban J connectivity index is 1.59. The summed E-state index contributed by atoms with van der Waals surface area (Å²) in [6, 6.07) is 10.9. The van der Waals surface area contributed by atoms with E-state index in [1.165, 1.54) is 6.07 Å². The average Bonchev–Trinajstić information content (AvgIpc) is 3.47. The molecular weight excluding hydrogens is 508 g/mol. The Hall–Kier alpha value is -3.18. The number of rotatable bonds is 9. The van der Waals surface area contributed by atoms with E-state index in [0.29, 0.717) is 30.0 Å². The van der Waals surface area contributed by atoms with E-state index in [1.54, 1.807) is 13.1 Å². The van der Waals surface area contributed by atoms with Crippen molar-refractivity contribution in [2.45, 2.75) is 47.0 Å². The number of halogens is 1. The van der Waals surface area contributed by atoms with E-state index < -0.39 is 0 Å². The third kappa shape index (κ3) is 5.60. The second kappa shape index (κ2) is 11.9. The molecule has 0 spiro atoms. The zero-order chi connectivity index (χ0) is 28.3. The van der Waals surface area contributed by atoms with Crippen LogP contribution in [-0.4, -0.2) is 41.1 Å². The molecule has 1 aliphatic rings. The van der Waals surface area contributed by atoms with Crippen molar-refractivity contribution in [3.8, 4) is 0 Å². The molecule has 1 heterocycles. The SMILES string of the molecule is C=C(/C=C(\N=NC)c1c(F)cccc1P)C1CCC(CC)(CN(CC)C(=O)c2n[nH]c3cc(C)ccc23)C1C. The molecule has 0 aliphatic heterocycles. The van der Waals surface area contributed by atoms with Crippen molar-refractivity contribution >= 4 is 37.1 Å². The molecule has 1 aliphatic carbocycles. The van der Waals surface area contributed by atoms with Gasteiger partial charge in [0, 0.05) is 31.1 Å². The summed E-state index contributed by atoms with van der Waals surface area (Å²) >= 11 is 0. The molecule has 0 saturated heterocycles. The van der Waals surface area contributed by atoms with Crippen LogP contribution in [0.2, 0.25) is 0 Å². The van der Waals surface area contributed by atoms with Crippen LogP contribution in [-0.2, 0) is 0 Å². The van der Waals surface area contributed by atoms with Crippen LogP contribution < -0.4 is 5.30 Å². The smallest absolute Gasteiger partial charge is 0.275 e. The molecule has 4 rings (SSSR count).